The van der Waals surface area contributed by atoms with E-state index in [0.717, 1.165) is 27.7 Å². The third-order valence-electron chi connectivity index (χ3n) is 3.07. The number of hydrogen-bond donors (Lipinski definition) is 2. The van der Waals surface area contributed by atoms with Crippen LogP contribution in [-0.4, -0.2) is 9.97 Å². The van der Waals surface area contributed by atoms with Crippen molar-refractivity contribution < 1.29 is 0 Å². The summed E-state index contributed by atoms with van der Waals surface area (Å²) < 4.78 is 0. The highest BCUT2D eigenvalue weighted by Crippen LogP contribution is 2.28. The summed E-state index contributed by atoms with van der Waals surface area (Å²) in [6.45, 7) is 2.08. The molecule has 2 aromatic carbocycles. The van der Waals surface area contributed by atoms with Crippen LogP contribution in [0.15, 0.2) is 59.6 Å². The van der Waals surface area contributed by atoms with Crippen LogP contribution in [0.25, 0.3) is 22.6 Å². The highest BCUT2D eigenvalue weighted by Gasteiger charge is 2.10. The minimum absolute atomic E-state index is 0.725. The van der Waals surface area contributed by atoms with Crippen LogP contribution in [0.1, 0.15) is 5.56 Å². The Hall–Kier alpha value is -2.00. The summed E-state index contributed by atoms with van der Waals surface area (Å²) in [5.74, 6) is 0.848. The lowest BCUT2D eigenvalue weighted by Gasteiger charge is -1.99. The maximum atomic E-state index is 4.49. The molecule has 0 aliphatic rings. The van der Waals surface area contributed by atoms with Crippen molar-refractivity contribution in [1.29, 1.82) is 0 Å². The van der Waals surface area contributed by atoms with Gasteiger partial charge >= 0.3 is 0 Å². The summed E-state index contributed by atoms with van der Waals surface area (Å²) in [5, 5.41) is 0.725. The van der Waals surface area contributed by atoms with Gasteiger partial charge in [0, 0.05) is 11.1 Å². The first-order valence-corrected chi connectivity index (χ1v) is 6.60. The molecule has 0 saturated carbocycles. The fourth-order valence-corrected chi connectivity index (χ4v) is 2.30. The molecule has 0 aliphatic carbocycles. The van der Waals surface area contributed by atoms with Gasteiger partial charge in [0.1, 0.15) is 10.9 Å². The molecule has 0 atom stereocenters. The predicted molar refractivity (Wildman–Crippen MR) is 81.4 cm³/mol. The van der Waals surface area contributed by atoms with Gasteiger partial charge in [0.25, 0.3) is 0 Å². The first-order valence-electron chi connectivity index (χ1n) is 6.15. The Morgan fingerprint density at radius 2 is 1.58 bits per heavy atom. The number of hydrogen-bond acceptors (Lipinski definition) is 2. The van der Waals surface area contributed by atoms with Crippen LogP contribution in [0.3, 0.4) is 0 Å². The Bertz CT molecular complexity index is 685. The van der Waals surface area contributed by atoms with Gasteiger partial charge in [-0.15, -0.1) is 12.6 Å². The van der Waals surface area contributed by atoms with E-state index in [4.69, 9.17) is 0 Å². The highest BCUT2D eigenvalue weighted by atomic mass is 32.1. The molecule has 3 heteroatoms. The molecule has 0 unspecified atom stereocenters. The van der Waals surface area contributed by atoms with Gasteiger partial charge in [-0.25, -0.2) is 4.98 Å². The second-order valence-electron chi connectivity index (χ2n) is 4.52. The molecule has 1 aromatic heterocycles. The molecule has 94 valence electrons. The molecular weight excluding hydrogens is 252 g/mol. The van der Waals surface area contributed by atoms with Crippen LogP contribution in [0.2, 0.25) is 0 Å². The van der Waals surface area contributed by atoms with E-state index in [1.165, 1.54) is 5.56 Å². The Kier molecular flexibility index (Phi) is 3.13. The van der Waals surface area contributed by atoms with E-state index in [-0.39, 0.29) is 0 Å². The maximum absolute atomic E-state index is 4.49. The summed E-state index contributed by atoms with van der Waals surface area (Å²) in [7, 11) is 0. The lowest BCUT2D eigenvalue weighted by molar-refractivity contribution is 1.21. The largest absolute Gasteiger partial charge is 0.337 e. The van der Waals surface area contributed by atoms with Crippen molar-refractivity contribution in [2.45, 2.75) is 11.9 Å². The molecule has 0 aliphatic heterocycles. The Morgan fingerprint density at radius 1 is 0.895 bits per heavy atom. The Labute approximate surface area is 117 Å². The van der Waals surface area contributed by atoms with E-state index in [9.17, 15) is 0 Å². The van der Waals surface area contributed by atoms with E-state index in [1.807, 2.05) is 30.3 Å². The molecule has 1 N–H and O–H groups in total. The monoisotopic (exact) mass is 266 g/mol. The Balaban J connectivity index is 2.05. The zero-order chi connectivity index (χ0) is 13.2. The summed E-state index contributed by atoms with van der Waals surface area (Å²) in [5.41, 5.74) is 4.37. The van der Waals surface area contributed by atoms with Crippen molar-refractivity contribution in [2.24, 2.45) is 0 Å². The topological polar surface area (TPSA) is 28.7 Å². The first kappa shape index (κ1) is 12.1. The van der Waals surface area contributed by atoms with Crippen molar-refractivity contribution in [3.8, 4) is 22.6 Å². The van der Waals surface area contributed by atoms with Crippen LogP contribution in [0, 0.1) is 6.92 Å². The number of aryl methyl sites for hydroxylation is 1. The number of aromatic amines is 1. The van der Waals surface area contributed by atoms with Gasteiger partial charge < -0.3 is 4.98 Å². The second kappa shape index (κ2) is 4.94. The summed E-state index contributed by atoms with van der Waals surface area (Å²) in [6.07, 6.45) is 0. The van der Waals surface area contributed by atoms with Gasteiger partial charge in [-0.2, -0.15) is 0 Å². The van der Waals surface area contributed by atoms with E-state index in [1.54, 1.807) is 0 Å². The van der Waals surface area contributed by atoms with Crippen molar-refractivity contribution in [1.82, 2.24) is 9.97 Å². The van der Waals surface area contributed by atoms with Crippen LogP contribution >= 0.6 is 12.6 Å². The SMILES string of the molecule is Cc1ccc(-c2[nH]c(-c3ccccc3)nc2S)cc1. The van der Waals surface area contributed by atoms with Crippen molar-refractivity contribution in [3.05, 3.63) is 60.2 Å². The maximum Gasteiger partial charge on any atom is 0.139 e. The zero-order valence-electron chi connectivity index (χ0n) is 10.6. The minimum atomic E-state index is 0.725. The van der Waals surface area contributed by atoms with Crippen LogP contribution in [0.5, 0.6) is 0 Å². The molecule has 0 spiro atoms. The third kappa shape index (κ3) is 2.42. The molecule has 19 heavy (non-hydrogen) atoms. The quantitative estimate of drug-likeness (QED) is 0.664. The molecular formula is C16H14N2S. The number of aromatic nitrogens is 2. The standard InChI is InChI=1S/C16H14N2S/c1-11-7-9-12(10-8-11)14-16(19)18-15(17-14)13-5-3-2-4-6-13/h2-10,19H,1H3,(H,17,18). The van der Waals surface area contributed by atoms with E-state index in [0.29, 0.717) is 0 Å². The van der Waals surface area contributed by atoms with Gasteiger partial charge in [0.15, 0.2) is 0 Å². The van der Waals surface area contributed by atoms with Crippen molar-refractivity contribution >= 4 is 12.6 Å². The number of nitrogens with zero attached hydrogens (tertiary/aromatic N) is 1. The number of nitrogens with one attached hydrogen (secondary N) is 1. The zero-order valence-corrected chi connectivity index (χ0v) is 11.5. The number of benzene rings is 2. The number of imidazole rings is 1. The molecule has 0 radical (unpaired) electrons. The lowest BCUT2D eigenvalue weighted by Crippen LogP contribution is -1.81. The molecule has 3 rings (SSSR count). The van der Waals surface area contributed by atoms with Gasteiger partial charge in [-0.1, -0.05) is 60.2 Å². The molecule has 0 fully saturated rings. The summed E-state index contributed by atoms with van der Waals surface area (Å²) in [6, 6.07) is 18.4. The van der Waals surface area contributed by atoms with E-state index >= 15 is 0 Å². The van der Waals surface area contributed by atoms with Gasteiger partial charge in [-0.3, -0.25) is 0 Å². The first-order chi connectivity index (χ1) is 9.24. The van der Waals surface area contributed by atoms with Crippen LogP contribution in [0.4, 0.5) is 0 Å². The normalized spacial score (nSPS) is 10.6. The van der Waals surface area contributed by atoms with Crippen LogP contribution in [-0.2, 0) is 0 Å². The fourth-order valence-electron chi connectivity index (χ4n) is 2.02. The summed E-state index contributed by atoms with van der Waals surface area (Å²) in [4.78, 5) is 7.83. The van der Waals surface area contributed by atoms with Gasteiger partial charge in [0.05, 0.1) is 5.69 Å². The number of rotatable bonds is 2. The predicted octanol–water partition coefficient (Wildman–Crippen LogP) is 4.34. The average molecular weight is 266 g/mol. The van der Waals surface area contributed by atoms with Crippen LogP contribution < -0.4 is 0 Å². The minimum Gasteiger partial charge on any atom is -0.337 e. The molecule has 0 bridgehead atoms. The third-order valence-corrected chi connectivity index (χ3v) is 3.40. The van der Waals surface area contributed by atoms with Crippen molar-refractivity contribution in [2.75, 3.05) is 0 Å². The number of thiol groups is 1. The lowest BCUT2D eigenvalue weighted by atomic mass is 10.1. The molecule has 0 saturated heterocycles. The molecule has 0 amide bonds. The smallest absolute Gasteiger partial charge is 0.139 e. The summed E-state index contributed by atoms with van der Waals surface area (Å²) >= 11 is 4.46. The van der Waals surface area contributed by atoms with Gasteiger partial charge in [0.2, 0.25) is 0 Å². The molecule has 1 heterocycles. The second-order valence-corrected chi connectivity index (χ2v) is 4.94. The van der Waals surface area contributed by atoms with Gasteiger partial charge in [-0.05, 0) is 6.92 Å². The van der Waals surface area contributed by atoms with E-state index in [2.05, 4.69) is 53.8 Å². The molecule has 3 aromatic rings. The fraction of sp³-hybridized carbons (Fsp3) is 0.0625. The number of H-pyrrole nitrogens is 1. The average Bonchev–Trinajstić information content (AvgIpc) is 2.83. The highest BCUT2D eigenvalue weighted by molar-refractivity contribution is 7.80. The molecule has 2 nitrogen and oxygen atoms in total. The Morgan fingerprint density at radius 3 is 2.26 bits per heavy atom. The van der Waals surface area contributed by atoms with Crippen molar-refractivity contribution in [3.63, 3.8) is 0 Å². The van der Waals surface area contributed by atoms with E-state index < -0.39 is 0 Å².